The van der Waals surface area contributed by atoms with E-state index in [0.717, 1.165) is 6.42 Å². The lowest BCUT2D eigenvalue weighted by molar-refractivity contribution is -0.128. The van der Waals surface area contributed by atoms with Crippen molar-refractivity contribution in [2.24, 2.45) is 5.92 Å². The molecule has 0 aliphatic carbocycles. The molecule has 0 amide bonds. The second-order valence-electron chi connectivity index (χ2n) is 3.07. The van der Waals surface area contributed by atoms with Crippen molar-refractivity contribution >= 4 is 5.78 Å². The number of rotatable bonds is 4. The van der Waals surface area contributed by atoms with Gasteiger partial charge < -0.3 is 9.47 Å². The SMILES string of the molecule is CCOCC(=O)C1CCOC1C. The molecule has 2 unspecified atom stereocenters. The normalized spacial score (nSPS) is 29.2. The Balaban J connectivity index is 2.30. The van der Waals surface area contributed by atoms with E-state index in [4.69, 9.17) is 9.47 Å². The standard InChI is InChI=1S/C9H16O3/c1-3-11-6-9(10)8-4-5-12-7(8)2/h7-8H,3-6H2,1-2H3. The summed E-state index contributed by atoms with van der Waals surface area (Å²) in [6.07, 6.45) is 0.936. The van der Waals surface area contributed by atoms with Crippen molar-refractivity contribution in [1.29, 1.82) is 0 Å². The molecule has 3 heteroatoms. The molecule has 1 aliphatic heterocycles. The zero-order valence-electron chi connectivity index (χ0n) is 7.71. The van der Waals surface area contributed by atoms with Gasteiger partial charge in [0.05, 0.1) is 6.10 Å². The maximum absolute atomic E-state index is 11.4. The van der Waals surface area contributed by atoms with Gasteiger partial charge in [0.1, 0.15) is 6.61 Å². The first-order chi connectivity index (χ1) is 5.75. The summed E-state index contributed by atoms with van der Waals surface area (Å²) in [5, 5.41) is 0. The number of hydrogen-bond donors (Lipinski definition) is 0. The summed E-state index contributed by atoms with van der Waals surface area (Å²) < 4.78 is 10.3. The Morgan fingerprint density at radius 3 is 2.92 bits per heavy atom. The Kier molecular flexibility index (Phi) is 3.69. The van der Waals surface area contributed by atoms with Crippen LogP contribution in [0, 0.1) is 5.92 Å². The van der Waals surface area contributed by atoms with E-state index < -0.39 is 0 Å². The fourth-order valence-electron chi connectivity index (χ4n) is 1.46. The lowest BCUT2D eigenvalue weighted by Crippen LogP contribution is -2.25. The van der Waals surface area contributed by atoms with Gasteiger partial charge in [-0.1, -0.05) is 0 Å². The van der Waals surface area contributed by atoms with Crippen LogP contribution < -0.4 is 0 Å². The van der Waals surface area contributed by atoms with Gasteiger partial charge in [-0.3, -0.25) is 4.79 Å². The highest BCUT2D eigenvalue weighted by atomic mass is 16.5. The van der Waals surface area contributed by atoms with E-state index in [1.54, 1.807) is 0 Å². The number of carbonyl (C=O) groups is 1. The second-order valence-corrected chi connectivity index (χ2v) is 3.07. The van der Waals surface area contributed by atoms with E-state index in [0.29, 0.717) is 13.2 Å². The highest BCUT2D eigenvalue weighted by Gasteiger charge is 2.30. The molecule has 0 spiro atoms. The Bertz CT molecular complexity index is 156. The summed E-state index contributed by atoms with van der Waals surface area (Å²) in [6, 6.07) is 0. The van der Waals surface area contributed by atoms with E-state index >= 15 is 0 Å². The summed E-state index contributed by atoms with van der Waals surface area (Å²) in [5.41, 5.74) is 0. The third-order valence-electron chi connectivity index (χ3n) is 2.24. The monoisotopic (exact) mass is 172 g/mol. The first-order valence-electron chi connectivity index (χ1n) is 4.47. The van der Waals surface area contributed by atoms with Gasteiger partial charge in [-0.05, 0) is 20.3 Å². The molecule has 1 aliphatic rings. The van der Waals surface area contributed by atoms with Crippen LogP contribution in [0.15, 0.2) is 0 Å². The number of Topliss-reactive ketones (excluding diaryl/α,β-unsaturated/α-hetero) is 1. The van der Waals surface area contributed by atoms with Crippen LogP contribution >= 0.6 is 0 Å². The van der Waals surface area contributed by atoms with Crippen LogP contribution in [0.3, 0.4) is 0 Å². The molecule has 0 aromatic heterocycles. The lowest BCUT2D eigenvalue weighted by atomic mass is 9.98. The van der Waals surface area contributed by atoms with Crippen molar-refractivity contribution in [3.63, 3.8) is 0 Å². The first kappa shape index (κ1) is 9.68. The molecule has 2 atom stereocenters. The Morgan fingerprint density at radius 2 is 2.42 bits per heavy atom. The number of carbonyl (C=O) groups excluding carboxylic acids is 1. The summed E-state index contributed by atoms with van der Waals surface area (Å²) in [4.78, 5) is 11.4. The molecule has 0 bridgehead atoms. The third kappa shape index (κ3) is 2.29. The van der Waals surface area contributed by atoms with Crippen LogP contribution in [0.5, 0.6) is 0 Å². The van der Waals surface area contributed by atoms with Gasteiger partial charge in [0.15, 0.2) is 5.78 Å². The number of ketones is 1. The molecule has 0 radical (unpaired) electrons. The van der Waals surface area contributed by atoms with Gasteiger partial charge >= 0.3 is 0 Å². The number of ether oxygens (including phenoxy) is 2. The average Bonchev–Trinajstić information content (AvgIpc) is 2.47. The molecule has 70 valence electrons. The van der Waals surface area contributed by atoms with E-state index in [1.165, 1.54) is 0 Å². The minimum absolute atomic E-state index is 0.0662. The second kappa shape index (κ2) is 4.58. The quantitative estimate of drug-likeness (QED) is 0.635. The summed E-state index contributed by atoms with van der Waals surface area (Å²) in [6.45, 7) is 5.40. The number of hydrogen-bond acceptors (Lipinski definition) is 3. The Labute approximate surface area is 73.0 Å². The summed E-state index contributed by atoms with van der Waals surface area (Å²) in [5.74, 6) is 0.249. The topological polar surface area (TPSA) is 35.5 Å². The fraction of sp³-hybridized carbons (Fsp3) is 0.889. The molecule has 1 rings (SSSR count). The van der Waals surface area contributed by atoms with Crippen LogP contribution in [-0.2, 0) is 14.3 Å². The zero-order valence-corrected chi connectivity index (χ0v) is 7.71. The van der Waals surface area contributed by atoms with Gasteiger partial charge in [0.2, 0.25) is 0 Å². The minimum Gasteiger partial charge on any atom is -0.378 e. The van der Waals surface area contributed by atoms with Crippen molar-refractivity contribution in [3.05, 3.63) is 0 Å². The average molecular weight is 172 g/mol. The molecule has 0 saturated carbocycles. The third-order valence-corrected chi connectivity index (χ3v) is 2.24. The molecule has 0 aromatic carbocycles. The molecular weight excluding hydrogens is 156 g/mol. The maximum Gasteiger partial charge on any atom is 0.164 e. The molecule has 1 fully saturated rings. The van der Waals surface area contributed by atoms with E-state index in [1.807, 2.05) is 13.8 Å². The predicted octanol–water partition coefficient (Wildman–Crippen LogP) is 1.02. The fourth-order valence-corrected chi connectivity index (χ4v) is 1.46. The van der Waals surface area contributed by atoms with E-state index in [-0.39, 0.29) is 24.4 Å². The smallest absolute Gasteiger partial charge is 0.164 e. The maximum atomic E-state index is 11.4. The predicted molar refractivity (Wildman–Crippen MR) is 45.0 cm³/mol. The molecular formula is C9H16O3. The van der Waals surface area contributed by atoms with Crippen molar-refractivity contribution in [3.8, 4) is 0 Å². The molecule has 1 saturated heterocycles. The highest BCUT2D eigenvalue weighted by molar-refractivity contribution is 5.82. The molecule has 0 N–H and O–H groups in total. The Hall–Kier alpha value is -0.410. The lowest BCUT2D eigenvalue weighted by Gasteiger charge is -2.11. The molecule has 3 nitrogen and oxygen atoms in total. The Morgan fingerprint density at radius 1 is 1.67 bits per heavy atom. The highest BCUT2D eigenvalue weighted by Crippen LogP contribution is 2.21. The summed E-state index contributed by atoms with van der Waals surface area (Å²) in [7, 11) is 0. The van der Waals surface area contributed by atoms with Gasteiger partial charge in [-0.15, -0.1) is 0 Å². The summed E-state index contributed by atoms with van der Waals surface area (Å²) >= 11 is 0. The van der Waals surface area contributed by atoms with Gasteiger partial charge in [0, 0.05) is 19.1 Å². The first-order valence-corrected chi connectivity index (χ1v) is 4.47. The van der Waals surface area contributed by atoms with Crippen LogP contribution in [0.2, 0.25) is 0 Å². The molecule has 1 heterocycles. The zero-order chi connectivity index (χ0) is 8.97. The molecule has 0 aromatic rings. The van der Waals surface area contributed by atoms with Gasteiger partial charge in [-0.2, -0.15) is 0 Å². The molecule has 12 heavy (non-hydrogen) atoms. The van der Waals surface area contributed by atoms with Crippen LogP contribution in [0.25, 0.3) is 0 Å². The minimum atomic E-state index is 0.0662. The van der Waals surface area contributed by atoms with Crippen LogP contribution in [0.4, 0.5) is 0 Å². The van der Waals surface area contributed by atoms with Crippen molar-refractivity contribution in [2.75, 3.05) is 19.8 Å². The van der Waals surface area contributed by atoms with Crippen LogP contribution in [-0.4, -0.2) is 31.7 Å². The van der Waals surface area contributed by atoms with Crippen molar-refractivity contribution < 1.29 is 14.3 Å². The van der Waals surface area contributed by atoms with Crippen molar-refractivity contribution in [2.45, 2.75) is 26.4 Å². The van der Waals surface area contributed by atoms with Crippen LogP contribution in [0.1, 0.15) is 20.3 Å². The van der Waals surface area contributed by atoms with Gasteiger partial charge in [0.25, 0.3) is 0 Å². The van der Waals surface area contributed by atoms with Gasteiger partial charge in [-0.25, -0.2) is 0 Å². The van der Waals surface area contributed by atoms with E-state index in [9.17, 15) is 4.79 Å². The van der Waals surface area contributed by atoms with Crippen molar-refractivity contribution in [1.82, 2.24) is 0 Å². The van der Waals surface area contributed by atoms with E-state index in [2.05, 4.69) is 0 Å². The largest absolute Gasteiger partial charge is 0.378 e.